The van der Waals surface area contributed by atoms with Crippen LogP contribution in [0, 0.1) is 5.82 Å². The Balaban J connectivity index is 2.55. The van der Waals surface area contributed by atoms with E-state index >= 15 is 0 Å². The SMILES string of the molecule is CS(=O)(=O)c1cc(F)cc(C2(CN)CCCC2)c1. The lowest BCUT2D eigenvalue weighted by molar-refractivity contribution is 0.448. The molecule has 1 aliphatic rings. The Labute approximate surface area is 107 Å². The number of hydrogen-bond donors (Lipinski definition) is 1. The minimum Gasteiger partial charge on any atom is -0.330 e. The predicted molar refractivity (Wildman–Crippen MR) is 68.7 cm³/mol. The molecule has 1 aromatic carbocycles. The zero-order valence-electron chi connectivity index (χ0n) is 10.4. The van der Waals surface area contributed by atoms with Gasteiger partial charge < -0.3 is 5.73 Å². The molecule has 18 heavy (non-hydrogen) atoms. The number of sulfone groups is 1. The van der Waals surface area contributed by atoms with Crippen LogP contribution in [-0.2, 0) is 15.3 Å². The molecule has 5 heteroatoms. The second-order valence-corrected chi connectivity index (χ2v) is 7.16. The summed E-state index contributed by atoms with van der Waals surface area (Å²) in [7, 11) is -3.39. The van der Waals surface area contributed by atoms with Gasteiger partial charge in [0.1, 0.15) is 5.82 Å². The van der Waals surface area contributed by atoms with Gasteiger partial charge in [0.15, 0.2) is 9.84 Å². The molecule has 1 saturated carbocycles. The summed E-state index contributed by atoms with van der Waals surface area (Å²) in [6.07, 6.45) is 5.01. The zero-order chi connectivity index (χ0) is 13.4. The van der Waals surface area contributed by atoms with Crippen molar-refractivity contribution in [1.29, 1.82) is 0 Å². The van der Waals surface area contributed by atoms with E-state index in [1.54, 1.807) is 6.07 Å². The molecule has 0 aromatic heterocycles. The van der Waals surface area contributed by atoms with Crippen molar-refractivity contribution in [2.24, 2.45) is 5.73 Å². The molecule has 0 heterocycles. The molecule has 0 saturated heterocycles. The highest BCUT2D eigenvalue weighted by atomic mass is 32.2. The van der Waals surface area contributed by atoms with E-state index in [-0.39, 0.29) is 10.3 Å². The Hall–Kier alpha value is -0.940. The lowest BCUT2D eigenvalue weighted by Crippen LogP contribution is -2.32. The van der Waals surface area contributed by atoms with Gasteiger partial charge in [-0.05, 0) is 36.6 Å². The van der Waals surface area contributed by atoms with Crippen LogP contribution in [0.15, 0.2) is 23.1 Å². The summed E-state index contributed by atoms with van der Waals surface area (Å²) in [5, 5.41) is 0. The maximum Gasteiger partial charge on any atom is 0.175 e. The second-order valence-electron chi connectivity index (χ2n) is 5.14. The Morgan fingerprint density at radius 3 is 2.39 bits per heavy atom. The van der Waals surface area contributed by atoms with Gasteiger partial charge in [0.05, 0.1) is 4.90 Å². The third kappa shape index (κ3) is 2.42. The van der Waals surface area contributed by atoms with Crippen molar-refractivity contribution in [2.75, 3.05) is 12.8 Å². The topological polar surface area (TPSA) is 60.2 Å². The molecular formula is C13H18FNO2S. The molecule has 0 atom stereocenters. The van der Waals surface area contributed by atoms with Crippen molar-refractivity contribution in [3.8, 4) is 0 Å². The minimum absolute atomic E-state index is 0.0391. The van der Waals surface area contributed by atoms with E-state index < -0.39 is 15.7 Å². The van der Waals surface area contributed by atoms with E-state index in [0.29, 0.717) is 6.54 Å². The van der Waals surface area contributed by atoms with Crippen LogP contribution in [0.1, 0.15) is 31.2 Å². The molecule has 3 nitrogen and oxygen atoms in total. The van der Waals surface area contributed by atoms with E-state index in [1.165, 1.54) is 6.07 Å². The van der Waals surface area contributed by atoms with Gasteiger partial charge in [-0.15, -0.1) is 0 Å². The van der Waals surface area contributed by atoms with Crippen molar-refractivity contribution < 1.29 is 12.8 Å². The highest BCUT2D eigenvalue weighted by Crippen LogP contribution is 2.41. The van der Waals surface area contributed by atoms with Crippen LogP contribution in [0.2, 0.25) is 0 Å². The van der Waals surface area contributed by atoms with Crippen molar-refractivity contribution in [1.82, 2.24) is 0 Å². The summed E-state index contributed by atoms with van der Waals surface area (Å²) in [5.41, 5.74) is 6.31. The van der Waals surface area contributed by atoms with Crippen molar-refractivity contribution >= 4 is 9.84 Å². The second kappa shape index (κ2) is 4.63. The number of halogens is 1. The predicted octanol–water partition coefficient (Wildman–Crippen LogP) is 2.00. The third-order valence-electron chi connectivity index (χ3n) is 3.86. The van der Waals surface area contributed by atoms with Gasteiger partial charge >= 0.3 is 0 Å². The van der Waals surface area contributed by atoms with Crippen molar-refractivity contribution in [2.45, 2.75) is 36.0 Å². The van der Waals surface area contributed by atoms with E-state index in [9.17, 15) is 12.8 Å². The fourth-order valence-electron chi connectivity index (χ4n) is 2.75. The number of benzene rings is 1. The van der Waals surface area contributed by atoms with Crippen LogP contribution in [-0.4, -0.2) is 21.2 Å². The molecule has 2 rings (SSSR count). The average molecular weight is 271 g/mol. The van der Waals surface area contributed by atoms with Crippen LogP contribution in [0.25, 0.3) is 0 Å². The van der Waals surface area contributed by atoms with E-state index in [0.717, 1.165) is 43.6 Å². The third-order valence-corrected chi connectivity index (χ3v) is 4.96. The van der Waals surface area contributed by atoms with Gasteiger partial charge in [-0.2, -0.15) is 0 Å². The maximum atomic E-state index is 13.6. The molecule has 100 valence electrons. The summed E-state index contributed by atoms with van der Waals surface area (Å²) in [6, 6.07) is 4.07. The standard InChI is InChI=1S/C13H18FNO2S/c1-18(16,17)12-7-10(6-11(14)8-12)13(9-15)4-2-3-5-13/h6-8H,2-5,9,15H2,1H3. The Morgan fingerprint density at radius 1 is 1.28 bits per heavy atom. The zero-order valence-corrected chi connectivity index (χ0v) is 11.3. The molecule has 0 radical (unpaired) electrons. The first-order valence-electron chi connectivity index (χ1n) is 6.09. The van der Waals surface area contributed by atoms with Crippen LogP contribution in [0.4, 0.5) is 4.39 Å². The van der Waals surface area contributed by atoms with Crippen LogP contribution >= 0.6 is 0 Å². The van der Waals surface area contributed by atoms with E-state index in [2.05, 4.69) is 0 Å². The average Bonchev–Trinajstić information content (AvgIpc) is 2.76. The monoisotopic (exact) mass is 271 g/mol. The first-order chi connectivity index (χ1) is 8.37. The molecular weight excluding hydrogens is 253 g/mol. The Kier molecular flexibility index (Phi) is 3.47. The summed E-state index contributed by atoms with van der Waals surface area (Å²) in [4.78, 5) is 0.0391. The Morgan fingerprint density at radius 2 is 1.89 bits per heavy atom. The summed E-state index contributed by atoms with van der Waals surface area (Å²) >= 11 is 0. The fraction of sp³-hybridized carbons (Fsp3) is 0.538. The van der Waals surface area contributed by atoms with Gasteiger partial charge in [-0.25, -0.2) is 12.8 Å². The number of nitrogens with two attached hydrogens (primary N) is 1. The van der Waals surface area contributed by atoms with E-state index in [1.807, 2.05) is 0 Å². The van der Waals surface area contributed by atoms with Gasteiger partial charge in [-0.3, -0.25) is 0 Å². The quantitative estimate of drug-likeness (QED) is 0.914. The molecule has 1 fully saturated rings. The molecule has 0 unspecified atom stereocenters. The molecule has 0 spiro atoms. The van der Waals surface area contributed by atoms with Gasteiger partial charge in [0.2, 0.25) is 0 Å². The Bertz CT molecular complexity index is 548. The summed E-state index contributed by atoms with van der Waals surface area (Å²) < 4.78 is 36.7. The van der Waals surface area contributed by atoms with Gasteiger partial charge in [0.25, 0.3) is 0 Å². The largest absolute Gasteiger partial charge is 0.330 e. The first kappa shape index (κ1) is 13.5. The number of rotatable bonds is 3. The van der Waals surface area contributed by atoms with Crippen LogP contribution in [0.5, 0.6) is 0 Å². The van der Waals surface area contributed by atoms with Crippen molar-refractivity contribution in [3.05, 3.63) is 29.6 Å². The lowest BCUT2D eigenvalue weighted by Gasteiger charge is -2.28. The van der Waals surface area contributed by atoms with Crippen LogP contribution < -0.4 is 5.73 Å². The molecule has 1 aliphatic carbocycles. The highest BCUT2D eigenvalue weighted by Gasteiger charge is 2.35. The minimum atomic E-state index is -3.39. The summed E-state index contributed by atoms with van der Waals surface area (Å²) in [5.74, 6) is -0.507. The molecule has 2 N–H and O–H groups in total. The fourth-order valence-corrected chi connectivity index (χ4v) is 3.41. The van der Waals surface area contributed by atoms with Crippen LogP contribution in [0.3, 0.4) is 0 Å². The maximum absolute atomic E-state index is 13.6. The first-order valence-corrected chi connectivity index (χ1v) is 7.98. The van der Waals surface area contributed by atoms with Gasteiger partial charge in [0, 0.05) is 18.2 Å². The molecule has 0 aliphatic heterocycles. The number of hydrogen-bond acceptors (Lipinski definition) is 3. The lowest BCUT2D eigenvalue weighted by atomic mass is 9.79. The van der Waals surface area contributed by atoms with E-state index in [4.69, 9.17) is 5.73 Å². The smallest absolute Gasteiger partial charge is 0.175 e. The summed E-state index contributed by atoms with van der Waals surface area (Å²) in [6.45, 7) is 0.430. The van der Waals surface area contributed by atoms with Gasteiger partial charge in [-0.1, -0.05) is 12.8 Å². The molecule has 0 amide bonds. The van der Waals surface area contributed by atoms with Crippen molar-refractivity contribution in [3.63, 3.8) is 0 Å². The normalized spacial score (nSPS) is 19.1. The molecule has 0 bridgehead atoms. The highest BCUT2D eigenvalue weighted by molar-refractivity contribution is 7.90. The molecule has 1 aromatic rings.